The molecule has 1 aliphatic heterocycles. The van der Waals surface area contributed by atoms with Crippen molar-refractivity contribution < 1.29 is 5.11 Å². The second kappa shape index (κ2) is 6.23. The molecule has 0 spiro atoms. The second-order valence-electron chi connectivity index (χ2n) is 6.86. The predicted molar refractivity (Wildman–Crippen MR) is 109 cm³/mol. The number of hydrogen-bond donors (Lipinski definition) is 3. The maximum absolute atomic E-state index is 10.9. The Morgan fingerprint density at radius 3 is 2.93 bits per heavy atom. The number of aliphatic hydroxyl groups excluding tert-OH is 1. The lowest BCUT2D eigenvalue weighted by Crippen LogP contribution is -2.34. The van der Waals surface area contributed by atoms with E-state index in [4.69, 9.17) is 5.73 Å². The van der Waals surface area contributed by atoms with Crippen molar-refractivity contribution in [1.29, 1.82) is 0 Å². The molecular formula is C19H19N6OP. The lowest BCUT2D eigenvalue weighted by atomic mass is 9.95. The number of anilines is 1. The number of aromatic nitrogens is 4. The van der Waals surface area contributed by atoms with E-state index in [0.29, 0.717) is 18.8 Å². The monoisotopic (exact) mass is 378 g/mol. The molecule has 1 aromatic carbocycles. The van der Waals surface area contributed by atoms with Crippen molar-refractivity contribution in [2.45, 2.75) is 25.1 Å². The summed E-state index contributed by atoms with van der Waals surface area (Å²) in [6, 6.07) is 10.2. The summed E-state index contributed by atoms with van der Waals surface area (Å²) >= 11 is 0. The van der Waals surface area contributed by atoms with E-state index in [1.165, 1.54) is 6.33 Å². The Hall–Kier alpha value is -2.60. The van der Waals surface area contributed by atoms with Gasteiger partial charge < -0.3 is 15.4 Å². The number of benzene rings is 1. The highest BCUT2D eigenvalue weighted by molar-refractivity contribution is 7.13. The summed E-state index contributed by atoms with van der Waals surface area (Å²) in [7, 11) is 2.53. The number of para-hydroxylation sites is 1. The van der Waals surface area contributed by atoms with Gasteiger partial charge in [0.2, 0.25) is 0 Å². The van der Waals surface area contributed by atoms with Gasteiger partial charge in [0.05, 0.1) is 22.7 Å². The molecule has 136 valence electrons. The third-order valence-electron chi connectivity index (χ3n) is 5.25. The number of nitrogens with one attached hydrogen (secondary N) is 1. The Morgan fingerprint density at radius 2 is 2.07 bits per heavy atom. The molecule has 0 amide bonds. The minimum atomic E-state index is -0.633. The molecule has 0 aliphatic carbocycles. The maximum Gasteiger partial charge on any atom is 0.146 e. The van der Waals surface area contributed by atoms with Gasteiger partial charge in [0.25, 0.3) is 0 Å². The summed E-state index contributed by atoms with van der Waals surface area (Å²) in [4.78, 5) is 13.3. The molecule has 4 N–H and O–H groups in total. The van der Waals surface area contributed by atoms with Crippen molar-refractivity contribution >= 4 is 37.1 Å². The molecule has 8 heteroatoms. The summed E-state index contributed by atoms with van der Waals surface area (Å²) in [5, 5.41) is 15.9. The molecule has 0 bridgehead atoms. The first-order valence-corrected chi connectivity index (χ1v) is 9.37. The second-order valence-corrected chi connectivity index (χ2v) is 7.19. The molecule has 27 heavy (non-hydrogen) atoms. The molecule has 0 saturated carbocycles. The minimum absolute atomic E-state index is 0.131. The van der Waals surface area contributed by atoms with E-state index in [1.807, 2.05) is 35.0 Å². The summed E-state index contributed by atoms with van der Waals surface area (Å²) < 4.78 is 2.05. The Labute approximate surface area is 157 Å². The van der Waals surface area contributed by atoms with Crippen LogP contribution >= 0.6 is 9.39 Å². The van der Waals surface area contributed by atoms with Crippen molar-refractivity contribution in [3.8, 4) is 11.1 Å². The Kier molecular flexibility index (Phi) is 3.82. The van der Waals surface area contributed by atoms with Gasteiger partial charge in [0.15, 0.2) is 0 Å². The first kappa shape index (κ1) is 16.6. The van der Waals surface area contributed by atoms with Crippen LogP contribution in [0.3, 0.4) is 0 Å². The number of nitrogen functional groups attached to an aromatic ring is 1. The lowest BCUT2D eigenvalue weighted by molar-refractivity contribution is 0.128. The molecule has 1 aliphatic rings. The summed E-state index contributed by atoms with van der Waals surface area (Å²) in [5.41, 5.74) is 10.5. The minimum Gasteiger partial charge on any atom is -0.387 e. The van der Waals surface area contributed by atoms with Crippen LogP contribution in [0.2, 0.25) is 0 Å². The number of hydrogen-bond acceptors (Lipinski definition) is 6. The first-order chi connectivity index (χ1) is 13.2. The highest BCUT2D eigenvalue weighted by Gasteiger charge is 2.32. The van der Waals surface area contributed by atoms with Crippen molar-refractivity contribution in [2.75, 3.05) is 5.73 Å². The van der Waals surface area contributed by atoms with Gasteiger partial charge in [-0.15, -0.1) is 0 Å². The number of aliphatic hydroxyl groups is 1. The van der Waals surface area contributed by atoms with Crippen molar-refractivity contribution in [3.05, 3.63) is 48.5 Å². The SMILES string of the molecule is Nc1ncnc2c1c(-c1cnc3ccccc3c1)c1n2CC(NP)CC1O. The van der Waals surface area contributed by atoms with Crippen LogP contribution in [0.5, 0.6) is 0 Å². The van der Waals surface area contributed by atoms with Crippen molar-refractivity contribution in [3.63, 3.8) is 0 Å². The predicted octanol–water partition coefficient (Wildman–Crippen LogP) is 2.41. The lowest BCUT2D eigenvalue weighted by Gasteiger charge is -2.29. The van der Waals surface area contributed by atoms with E-state index in [9.17, 15) is 5.11 Å². The zero-order valence-corrected chi connectivity index (χ0v) is 15.7. The summed E-state index contributed by atoms with van der Waals surface area (Å²) in [6.07, 6.45) is 3.28. The van der Waals surface area contributed by atoms with Gasteiger partial charge in [-0.05, 0) is 18.6 Å². The van der Waals surface area contributed by atoms with Crippen LogP contribution in [-0.2, 0) is 6.54 Å². The molecule has 4 aromatic rings. The van der Waals surface area contributed by atoms with E-state index in [2.05, 4.69) is 35.5 Å². The van der Waals surface area contributed by atoms with Gasteiger partial charge in [-0.2, -0.15) is 0 Å². The van der Waals surface area contributed by atoms with Crippen molar-refractivity contribution in [1.82, 2.24) is 24.6 Å². The molecule has 7 nitrogen and oxygen atoms in total. The average molecular weight is 378 g/mol. The summed E-state index contributed by atoms with van der Waals surface area (Å²) in [5.74, 6) is 0.410. The molecule has 0 saturated heterocycles. The number of pyridine rings is 1. The molecule has 0 fully saturated rings. The number of rotatable bonds is 2. The van der Waals surface area contributed by atoms with E-state index in [1.54, 1.807) is 0 Å². The van der Waals surface area contributed by atoms with E-state index in [0.717, 1.165) is 38.8 Å². The van der Waals surface area contributed by atoms with Crippen LogP contribution in [-0.4, -0.2) is 30.7 Å². The number of fused-ring (bicyclic) bond motifs is 4. The van der Waals surface area contributed by atoms with Gasteiger partial charge in [-0.1, -0.05) is 27.6 Å². The van der Waals surface area contributed by atoms with Crippen molar-refractivity contribution in [2.24, 2.45) is 0 Å². The molecule has 3 atom stereocenters. The largest absolute Gasteiger partial charge is 0.387 e. The van der Waals surface area contributed by atoms with Crippen LogP contribution in [0, 0.1) is 0 Å². The Bertz CT molecular complexity index is 1170. The molecule has 5 rings (SSSR count). The van der Waals surface area contributed by atoms with Gasteiger partial charge >= 0.3 is 0 Å². The Morgan fingerprint density at radius 1 is 1.22 bits per heavy atom. The molecule has 3 unspecified atom stereocenters. The highest BCUT2D eigenvalue weighted by atomic mass is 31.0. The zero-order chi connectivity index (χ0) is 18.5. The van der Waals surface area contributed by atoms with Crippen LogP contribution in [0.25, 0.3) is 33.1 Å². The average Bonchev–Trinajstić information content (AvgIpc) is 3.04. The molecular weight excluding hydrogens is 359 g/mol. The van der Waals surface area contributed by atoms with E-state index < -0.39 is 6.10 Å². The normalized spacial score (nSPS) is 19.5. The third kappa shape index (κ3) is 2.51. The molecule has 3 aromatic heterocycles. The first-order valence-electron chi connectivity index (χ1n) is 8.79. The standard InChI is InChI=1S/C19H19N6OP/c20-18-16-15(11-5-10-3-1-2-4-13(10)21-7-11)17-14(26)6-12(24-27)8-25(17)19(16)23-9-22-18/h1-5,7,9,12,14,24,26H,6,8,27H2,(H2,20,22,23). The fourth-order valence-electron chi connectivity index (χ4n) is 4.04. The van der Waals surface area contributed by atoms with Crippen LogP contribution in [0.1, 0.15) is 18.2 Å². The van der Waals surface area contributed by atoms with Gasteiger partial charge in [-0.3, -0.25) is 10.1 Å². The quantitative estimate of drug-likeness (QED) is 0.463. The molecule has 4 heterocycles. The van der Waals surface area contributed by atoms with E-state index >= 15 is 0 Å². The van der Waals surface area contributed by atoms with Gasteiger partial charge in [-0.25, -0.2) is 9.97 Å². The van der Waals surface area contributed by atoms with Crippen LogP contribution in [0.4, 0.5) is 5.82 Å². The van der Waals surface area contributed by atoms with Gasteiger partial charge in [0.1, 0.15) is 17.8 Å². The topological polar surface area (TPSA) is 102 Å². The Balaban J connectivity index is 1.85. The smallest absolute Gasteiger partial charge is 0.146 e. The van der Waals surface area contributed by atoms with Gasteiger partial charge in [0, 0.05) is 35.3 Å². The molecule has 0 radical (unpaired) electrons. The van der Waals surface area contributed by atoms with Crippen LogP contribution < -0.4 is 10.8 Å². The zero-order valence-electron chi connectivity index (χ0n) is 14.5. The van der Waals surface area contributed by atoms with E-state index in [-0.39, 0.29) is 6.04 Å². The third-order valence-corrected chi connectivity index (χ3v) is 5.72. The fourth-order valence-corrected chi connectivity index (χ4v) is 4.28. The maximum atomic E-state index is 10.9. The number of nitrogens with zero attached hydrogens (tertiary/aromatic N) is 4. The number of nitrogens with two attached hydrogens (primary N) is 1. The highest BCUT2D eigenvalue weighted by Crippen LogP contribution is 2.43. The summed E-state index contributed by atoms with van der Waals surface area (Å²) in [6.45, 7) is 0.698. The fraction of sp³-hybridized carbons (Fsp3) is 0.211. The van der Waals surface area contributed by atoms with Crippen LogP contribution in [0.15, 0.2) is 42.9 Å².